The first-order valence-electron chi connectivity index (χ1n) is 8.04. The van der Waals surface area contributed by atoms with E-state index < -0.39 is 12.2 Å². The zero-order chi connectivity index (χ0) is 17.1. The maximum absolute atomic E-state index is 13.4. The van der Waals surface area contributed by atoms with E-state index in [9.17, 15) is 9.18 Å². The van der Waals surface area contributed by atoms with Gasteiger partial charge in [-0.1, -0.05) is 24.3 Å². The van der Waals surface area contributed by atoms with Crippen LogP contribution >= 0.6 is 0 Å². The zero-order valence-corrected chi connectivity index (χ0v) is 13.7. The fourth-order valence-corrected chi connectivity index (χ4v) is 2.77. The van der Waals surface area contributed by atoms with Gasteiger partial charge in [0.1, 0.15) is 11.9 Å². The van der Waals surface area contributed by atoms with Crippen LogP contribution in [0.1, 0.15) is 19.4 Å². The molecule has 0 unspecified atom stereocenters. The molecule has 2 aromatic rings. The maximum atomic E-state index is 13.4. The lowest BCUT2D eigenvalue weighted by Crippen LogP contribution is -2.50. The molecule has 5 heteroatoms. The van der Waals surface area contributed by atoms with E-state index in [1.807, 2.05) is 32.0 Å². The molecular formula is C19H20FNO3. The molecule has 3 rings (SSSR count). The average molecular weight is 329 g/mol. The summed E-state index contributed by atoms with van der Waals surface area (Å²) in [5.41, 5.74) is 0.745. The molecule has 1 heterocycles. The Morgan fingerprint density at radius 1 is 1.12 bits per heavy atom. The van der Waals surface area contributed by atoms with Crippen molar-refractivity contribution in [2.24, 2.45) is 0 Å². The summed E-state index contributed by atoms with van der Waals surface area (Å²) < 4.78 is 25.0. The number of fused-ring (bicyclic) bond motifs is 1. The van der Waals surface area contributed by atoms with Crippen molar-refractivity contribution < 1.29 is 18.7 Å². The second kappa shape index (κ2) is 6.91. The Balaban J connectivity index is 1.76. The molecule has 0 N–H and O–H groups in total. The number of para-hydroxylation sites is 2. The Bertz CT molecular complexity index is 734. The van der Waals surface area contributed by atoms with Gasteiger partial charge < -0.3 is 14.4 Å². The Labute approximate surface area is 140 Å². The summed E-state index contributed by atoms with van der Waals surface area (Å²) in [7, 11) is 0. The summed E-state index contributed by atoms with van der Waals surface area (Å²) in [5.74, 6) is 0.734. The van der Waals surface area contributed by atoms with Crippen molar-refractivity contribution in [1.29, 1.82) is 0 Å². The van der Waals surface area contributed by atoms with Crippen LogP contribution in [0.25, 0.3) is 0 Å². The molecule has 2 aromatic carbocycles. The molecule has 0 bridgehead atoms. The van der Waals surface area contributed by atoms with Gasteiger partial charge in [0.05, 0.1) is 0 Å². The number of carbonyl (C=O) groups is 1. The first-order valence-corrected chi connectivity index (χ1v) is 8.04. The summed E-state index contributed by atoms with van der Waals surface area (Å²) in [6, 6.07) is 13.6. The Hall–Kier alpha value is -2.56. The Morgan fingerprint density at radius 3 is 2.50 bits per heavy atom. The fraction of sp³-hybridized carbons (Fsp3) is 0.316. The summed E-state index contributed by atoms with van der Waals surface area (Å²) >= 11 is 0. The number of amides is 1. The van der Waals surface area contributed by atoms with Crippen LogP contribution in [-0.2, 0) is 11.3 Å². The van der Waals surface area contributed by atoms with Gasteiger partial charge in [0.2, 0.25) is 6.10 Å². The highest BCUT2D eigenvalue weighted by atomic mass is 19.1. The van der Waals surface area contributed by atoms with Crippen LogP contribution in [0.5, 0.6) is 11.5 Å². The van der Waals surface area contributed by atoms with Gasteiger partial charge in [-0.25, -0.2) is 4.39 Å². The average Bonchev–Trinajstić information content (AvgIpc) is 2.58. The molecule has 0 fully saturated rings. The fourth-order valence-electron chi connectivity index (χ4n) is 2.77. The van der Waals surface area contributed by atoms with Gasteiger partial charge in [-0.2, -0.15) is 0 Å². The van der Waals surface area contributed by atoms with Gasteiger partial charge in [-0.05, 0) is 43.7 Å². The Kier molecular flexibility index (Phi) is 4.69. The molecule has 4 nitrogen and oxygen atoms in total. The van der Waals surface area contributed by atoms with Crippen molar-refractivity contribution >= 4 is 5.91 Å². The molecule has 0 saturated heterocycles. The normalized spacial score (nSPS) is 19.0. The lowest BCUT2D eigenvalue weighted by atomic mass is 10.1. The number of benzene rings is 2. The number of carbonyl (C=O) groups excluding carboxylic acids is 1. The number of ether oxygens (including phenoxy) is 2. The van der Waals surface area contributed by atoms with Crippen molar-refractivity contribution in [1.82, 2.24) is 4.90 Å². The maximum Gasteiger partial charge on any atom is 0.267 e. The van der Waals surface area contributed by atoms with Gasteiger partial charge in [0.25, 0.3) is 5.91 Å². The third kappa shape index (κ3) is 3.35. The summed E-state index contributed by atoms with van der Waals surface area (Å²) in [4.78, 5) is 14.5. The summed E-state index contributed by atoms with van der Waals surface area (Å²) in [6.45, 7) is 4.54. The lowest BCUT2D eigenvalue weighted by molar-refractivity contribution is -0.144. The minimum atomic E-state index is -0.714. The number of hydrogen-bond acceptors (Lipinski definition) is 3. The number of likely N-dealkylation sites (N-methyl/N-ethyl adjacent to an activating group) is 1. The van der Waals surface area contributed by atoms with Gasteiger partial charge in [0.15, 0.2) is 11.5 Å². The van der Waals surface area contributed by atoms with Crippen LogP contribution in [0.4, 0.5) is 4.39 Å². The van der Waals surface area contributed by atoms with Crippen LogP contribution < -0.4 is 9.47 Å². The first-order chi connectivity index (χ1) is 11.6. The monoisotopic (exact) mass is 329 g/mol. The van der Waals surface area contributed by atoms with Gasteiger partial charge in [0, 0.05) is 13.1 Å². The van der Waals surface area contributed by atoms with E-state index in [4.69, 9.17) is 9.47 Å². The van der Waals surface area contributed by atoms with E-state index in [2.05, 4.69) is 0 Å². The minimum absolute atomic E-state index is 0.163. The molecule has 0 radical (unpaired) electrons. The second-order valence-corrected chi connectivity index (χ2v) is 5.79. The molecule has 0 saturated carbocycles. The highest BCUT2D eigenvalue weighted by Crippen LogP contribution is 2.34. The first kappa shape index (κ1) is 16.3. The van der Waals surface area contributed by atoms with Crippen LogP contribution in [-0.4, -0.2) is 29.6 Å². The smallest absolute Gasteiger partial charge is 0.267 e. The van der Waals surface area contributed by atoms with Crippen molar-refractivity contribution in [2.45, 2.75) is 32.6 Å². The number of hydrogen-bond donors (Lipinski definition) is 0. The van der Waals surface area contributed by atoms with Crippen molar-refractivity contribution in [3.05, 3.63) is 59.9 Å². The van der Waals surface area contributed by atoms with Crippen molar-refractivity contribution in [3.63, 3.8) is 0 Å². The number of nitrogens with zero attached hydrogens (tertiary/aromatic N) is 1. The van der Waals surface area contributed by atoms with Crippen LogP contribution in [0.3, 0.4) is 0 Å². The largest absolute Gasteiger partial charge is 0.482 e. The SMILES string of the molecule is CCN(Cc1cccc(F)c1)C(=O)[C@@H]1Oc2ccccc2O[C@H]1C. The molecule has 2 atom stereocenters. The highest BCUT2D eigenvalue weighted by Gasteiger charge is 2.36. The van der Waals surface area contributed by atoms with Crippen molar-refractivity contribution in [3.8, 4) is 11.5 Å². The topological polar surface area (TPSA) is 38.8 Å². The molecule has 1 aliphatic heterocycles. The molecule has 1 aliphatic rings. The predicted molar refractivity (Wildman–Crippen MR) is 88.4 cm³/mol. The molecule has 0 spiro atoms. The zero-order valence-electron chi connectivity index (χ0n) is 13.7. The van der Waals surface area contributed by atoms with E-state index in [0.29, 0.717) is 24.6 Å². The van der Waals surface area contributed by atoms with Crippen molar-refractivity contribution in [2.75, 3.05) is 6.54 Å². The molecule has 1 amide bonds. The number of halogens is 1. The van der Waals surface area contributed by atoms with Gasteiger partial charge in [-0.15, -0.1) is 0 Å². The quantitative estimate of drug-likeness (QED) is 0.863. The van der Waals surface area contributed by atoms with Crippen LogP contribution in [0, 0.1) is 5.82 Å². The van der Waals surface area contributed by atoms with E-state index in [0.717, 1.165) is 5.56 Å². The molecule has 126 valence electrons. The van der Waals surface area contributed by atoms with Gasteiger partial charge >= 0.3 is 0 Å². The third-order valence-corrected chi connectivity index (χ3v) is 4.04. The summed E-state index contributed by atoms with van der Waals surface area (Å²) in [6.07, 6.45) is -1.11. The van der Waals surface area contributed by atoms with Crippen LogP contribution in [0.15, 0.2) is 48.5 Å². The van der Waals surface area contributed by atoms with E-state index in [1.165, 1.54) is 12.1 Å². The second-order valence-electron chi connectivity index (χ2n) is 5.79. The molecule has 0 aromatic heterocycles. The summed E-state index contributed by atoms with van der Waals surface area (Å²) in [5, 5.41) is 0. The van der Waals surface area contributed by atoms with Gasteiger partial charge in [-0.3, -0.25) is 4.79 Å². The highest BCUT2D eigenvalue weighted by molar-refractivity contribution is 5.82. The molecular weight excluding hydrogens is 309 g/mol. The standard InChI is InChI=1S/C19H20FNO3/c1-3-21(12-14-7-6-8-15(20)11-14)19(22)18-13(2)23-16-9-4-5-10-17(16)24-18/h4-11,13,18H,3,12H2,1-2H3/t13-,18+/m0/s1. The predicted octanol–water partition coefficient (Wildman–Crippen LogP) is 3.40. The third-order valence-electron chi connectivity index (χ3n) is 4.04. The Morgan fingerprint density at radius 2 is 1.83 bits per heavy atom. The van der Waals surface area contributed by atoms with E-state index >= 15 is 0 Å². The van der Waals surface area contributed by atoms with E-state index in [1.54, 1.807) is 23.1 Å². The molecule has 0 aliphatic carbocycles. The minimum Gasteiger partial charge on any atom is -0.482 e. The lowest BCUT2D eigenvalue weighted by Gasteiger charge is -2.34. The van der Waals surface area contributed by atoms with E-state index in [-0.39, 0.29) is 11.7 Å². The van der Waals surface area contributed by atoms with Crippen LogP contribution in [0.2, 0.25) is 0 Å². The number of rotatable bonds is 4. The molecule has 24 heavy (non-hydrogen) atoms.